The van der Waals surface area contributed by atoms with E-state index in [2.05, 4.69) is 13.8 Å². The van der Waals surface area contributed by atoms with E-state index >= 15 is 0 Å². The second-order valence-electron chi connectivity index (χ2n) is 12.1. The molecule has 0 aliphatic rings. The van der Waals surface area contributed by atoms with Crippen LogP contribution < -0.4 is 0 Å². The lowest BCUT2D eigenvalue weighted by atomic mass is 9.74. The largest absolute Gasteiger partial charge is 0.481 e. The number of rotatable bonds is 31. The zero-order valence-electron chi connectivity index (χ0n) is 25.7. The second-order valence-corrected chi connectivity index (χ2v) is 12.1. The van der Waals surface area contributed by atoms with Gasteiger partial charge in [-0.15, -0.1) is 0 Å². The summed E-state index contributed by atoms with van der Waals surface area (Å²) in [5, 5.41) is 19.2. The average Bonchev–Trinajstić information content (AvgIpc) is 2.89. The fourth-order valence-electron chi connectivity index (χ4n) is 5.87. The Morgan fingerprint density at radius 3 is 0.947 bits per heavy atom. The minimum Gasteiger partial charge on any atom is -0.481 e. The molecule has 0 aliphatic carbocycles. The van der Waals surface area contributed by atoms with Crippen LogP contribution in [0.1, 0.15) is 200 Å². The van der Waals surface area contributed by atoms with E-state index in [1.807, 2.05) is 0 Å². The second kappa shape index (κ2) is 27.5. The van der Waals surface area contributed by atoms with Crippen LogP contribution in [0.4, 0.5) is 0 Å². The summed E-state index contributed by atoms with van der Waals surface area (Å²) in [6.45, 7) is 4.52. The third-order valence-electron chi connectivity index (χ3n) is 8.52. The summed E-state index contributed by atoms with van der Waals surface area (Å²) in [6, 6.07) is 0. The fraction of sp³-hybridized carbons (Fsp3) is 0.941. The Kier molecular flexibility index (Phi) is 26.7. The van der Waals surface area contributed by atoms with Crippen molar-refractivity contribution in [2.45, 2.75) is 200 Å². The number of carbonyl (C=O) groups is 2. The standard InChI is InChI=1S/C34H66O4/c1-3-5-7-9-11-13-15-17-19-21-25-29-34(33(37)38,31-27-23-24-28-32(35)36)30-26-22-20-18-16-14-12-10-8-6-4-2/h3-31H2,1-2H3,(H,35,36)(H,37,38). The molecule has 0 aromatic carbocycles. The highest BCUT2D eigenvalue weighted by atomic mass is 16.4. The monoisotopic (exact) mass is 538 g/mol. The summed E-state index contributed by atoms with van der Waals surface area (Å²) >= 11 is 0. The molecule has 0 saturated heterocycles. The maximum atomic E-state index is 12.5. The summed E-state index contributed by atoms with van der Waals surface area (Å²) in [4.78, 5) is 23.4. The Balaban J connectivity index is 4.34. The lowest BCUT2D eigenvalue weighted by molar-refractivity contribution is -0.151. The molecule has 4 heteroatoms. The molecule has 0 atom stereocenters. The first kappa shape index (κ1) is 36.9. The van der Waals surface area contributed by atoms with E-state index < -0.39 is 17.4 Å². The number of aliphatic carboxylic acids is 2. The van der Waals surface area contributed by atoms with Crippen molar-refractivity contribution in [3.05, 3.63) is 0 Å². The molecule has 0 aromatic heterocycles. The van der Waals surface area contributed by atoms with Crippen LogP contribution in [-0.2, 0) is 9.59 Å². The van der Waals surface area contributed by atoms with Gasteiger partial charge in [-0.25, -0.2) is 0 Å². The Hall–Kier alpha value is -1.06. The smallest absolute Gasteiger partial charge is 0.309 e. The van der Waals surface area contributed by atoms with Gasteiger partial charge in [0, 0.05) is 6.42 Å². The molecule has 0 bridgehead atoms. The third-order valence-corrected chi connectivity index (χ3v) is 8.52. The van der Waals surface area contributed by atoms with Gasteiger partial charge in [0.1, 0.15) is 0 Å². The molecule has 0 radical (unpaired) electrons. The Morgan fingerprint density at radius 1 is 0.421 bits per heavy atom. The predicted molar refractivity (Wildman–Crippen MR) is 163 cm³/mol. The summed E-state index contributed by atoms with van der Waals surface area (Å²) in [5.41, 5.74) is -0.609. The van der Waals surface area contributed by atoms with Crippen molar-refractivity contribution in [2.75, 3.05) is 0 Å². The van der Waals surface area contributed by atoms with E-state index in [4.69, 9.17) is 5.11 Å². The van der Waals surface area contributed by atoms with E-state index in [-0.39, 0.29) is 6.42 Å². The van der Waals surface area contributed by atoms with E-state index in [0.717, 1.165) is 51.4 Å². The van der Waals surface area contributed by atoms with Gasteiger partial charge in [0.15, 0.2) is 0 Å². The van der Waals surface area contributed by atoms with Gasteiger partial charge in [-0.2, -0.15) is 0 Å². The van der Waals surface area contributed by atoms with Gasteiger partial charge in [-0.3, -0.25) is 9.59 Å². The molecule has 0 unspecified atom stereocenters. The van der Waals surface area contributed by atoms with Gasteiger partial charge in [-0.05, 0) is 25.7 Å². The van der Waals surface area contributed by atoms with Crippen molar-refractivity contribution < 1.29 is 19.8 Å². The minimum absolute atomic E-state index is 0.192. The molecular weight excluding hydrogens is 472 g/mol. The Morgan fingerprint density at radius 2 is 0.684 bits per heavy atom. The highest BCUT2D eigenvalue weighted by Crippen LogP contribution is 2.38. The number of hydrogen-bond acceptors (Lipinski definition) is 2. The fourth-order valence-corrected chi connectivity index (χ4v) is 5.87. The van der Waals surface area contributed by atoms with Crippen LogP contribution in [0.5, 0.6) is 0 Å². The van der Waals surface area contributed by atoms with Gasteiger partial charge < -0.3 is 10.2 Å². The molecule has 38 heavy (non-hydrogen) atoms. The molecule has 226 valence electrons. The van der Waals surface area contributed by atoms with Crippen LogP contribution >= 0.6 is 0 Å². The SMILES string of the molecule is CCCCCCCCCCCCCC(CCCCCCCCCCCCC)(CCCCCC(=O)O)C(=O)O. The maximum absolute atomic E-state index is 12.5. The number of carboxylic acids is 2. The van der Waals surface area contributed by atoms with Crippen LogP contribution in [0, 0.1) is 5.41 Å². The van der Waals surface area contributed by atoms with Gasteiger partial charge >= 0.3 is 11.9 Å². The maximum Gasteiger partial charge on any atom is 0.309 e. The Bertz CT molecular complexity index is 505. The van der Waals surface area contributed by atoms with Crippen LogP contribution in [0.15, 0.2) is 0 Å². The van der Waals surface area contributed by atoms with Gasteiger partial charge in [0.05, 0.1) is 5.41 Å². The van der Waals surface area contributed by atoms with Crippen LogP contribution in [0.2, 0.25) is 0 Å². The number of hydrogen-bond donors (Lipinski definition) is 2. The van der Waals surface area contributed by atoms with Crippen LogP contribution in [0.3, 0.4) is 0 Å². The summed E-state index contributed by atoms with van der Waals surface area (Å²) < 4.78 is 0. The molecule has 0 aromatic rings. The van der Waals surface area contributed by atoms with E-state index in [0.29, 0.717) is 12.8 Å². The molecule has 0 saturated carbocycles. The lowest BCUT2D eigenvalue weighted by Gasteiger charge is -2.30. The van der Waals surface area contributed by atoms with Crippen molar-refractivity contribution in [1.82, 2.24) is 0 Å². The molecule has 0 fully saturated rings. The first-order chi connectivity index (χ1) is 18.5. The average molecular weight is 539 g/mol. The van der Waals surface area contributed by atoms with Gasteiger partial charge in [0.2, 0.25) is 0 Å². The molecule has 0 heterocycles. The normalized spacial score (nSPS) is 11.7. The minimum atomic E-state index is -0.753. The molecule has 2 N–H and O–H groups in total. The topological polar surface area (TPSA) is 74.6 Å². The molecule has 4 nitrogen and oxygen atoms in total. The highest BCUT2D eigenvalue weighted by molar-refractivity contribution is 5.74. The zero-order chi connectivity index (χ0) is 28.2. The first-order valence-corrected chi connectivity index (χ1v) is 16.9. The van der Waals surface area contributed by atoms with Gasteiger partial charge in [-0.1, -0.05) is 168 Å². The van der Waals surface area contributed by atoms with E-state index in [1.165, 1.54) is 116 Å². The summed E-state index contributed by atoms with van der Waals surface area (Å²) in [5.74, 6) is -1.37. The zero-order valence-corrected chi connectivity index (χ0v) is 25.7. The van der Waals surface area contributed by atoms with Crippen molar-refractivity contribution >= 4 is 11.9 Å². The van der Waals surface area contributed by atoms with Crippen molar-refractivity contribution in [3.8, 4) is 0 Å². The van der Waals surface area contributed by atoms with Crippen LogP contribution in [0.25, 0.3) is 0 Å². The summed E-state index contributed by atoms with van der Waals surface area (Å²) in [7, 11) is 0. The lowest BCUT2D eigenvalue weighted by Crippen LogP contribution is -2.31. The quantitative estimate of drug-likeness (QED) is 0.0860. The summed E-state index contributed by atoms with van der Waals surface area (Å²) in [6.07, 6.45) is 33.0. The van der Waals surface area contributed by atoms with E-state index in [9.17, 15) is 14.7 Å². The molecule has 0 aliphatic heterocycles. The predicted octanol–water partition coefficient (Wildman–Crippen LogP) is 11.5. The molecular formula is C34H66O4. The third kappa shape index (κ3) is 22.9. The molecule has 0 spiro atoms. The molecule has 0 rings (SSSR count). The van der Waals surface area contributed by atoms with Gasteiger partial charge in [0.25, 0.3) is 0 Å². The van der Waals surface area contributed by atoms with E-state index in [1.54, 1.807) is 0 Å². The number of unbranched alkanes of at least 4 members (excludes halogenated alkanes) is 22. The first-order valence-electron chi connectivity index (χ1n) is 16.9. The van der Waals surface area contributed by atoms with Crippen molar-refractivity contribution in [3.63, 3.8) is 0 Å². The number of carboxylic acid groups (broad SMARTS) is 2. The van der Waals surface area contributed by atoms with Crippen molar-refractivity contribution in [1.29, 1.82) is 0 Å². The van der Waals surface area contributed by atoms with Crippen LogP contribution in [-0.4, -0.2) is 22.2 Å². The van der Waals surface area contributed by atoms with Crippen molar-refractivity contribution in [2.24, 2.45) is 5.41 Å². The highest BCUT2D eigenvalue weighted by Gasteiger charge is 2.36. The Labute approximate surface area is 237 Å². The molecule has 0 amide bonds.